The third-order valence-electron chi connectivity index (χ3n) is 5.27. The van der Waals surface area contributed by atoms with Crippen molar-refractivity contribution < 1.29 is 27.9 Å². The molecule has 1 atom stereocenters. The molecule has 0 bridgehead atoms. The van der Waals surface area contributed by atoms with Gasteiger partial charge in [-0.1, -0.05) is 36.4 Å². The number of fused-ring (bicyclic) bond motifs is 1. The molecule has 1 fully saturated rings. The number of nitrogens with one attached hydrogen (secondary N) is 2. The molecule has 1 aliphatic carbocycles. The predicted molar refractivity (Wildman–Crippen MR) is 106 cm³/mol. The van der Waals surface area contributed by atoms with E-state index in [9.17, 15) is 23.2 Å². The van der Waals surface area contributed by atoms with Crippen LogP contribution in [-0.4, -0.2) is 41.8 Å². The Morgan fingerprint density at radius 3 is 2.52 bits per heavy atom. The molecule has 31 heavy (non-hydrogen) atoms. The van der Waals surface area contributed by atoms with E-state index in [0.29, 0.717) is 16.7 Å². The minimum Gasteiger partial charge on any atom is -0.434 e. The first-order valence-electron chi connectivity index (χ1n) is 9.94. The molecule has 0 saturated heterocycles. The number of carbonyl (C=O) groups excluding carboxylic acids is 3. The first kappa shape index (κ1) is 20.8. The Morgan fingerprint density at radius 2 is 1.77 bits per heavy atom. The van der Waals surface area contributed by atoms with Gasteiger partial charge >= 0.3 is 6.61 Å². The van der Waals surface area contributed by atoms with E-state index >= 15 is 0 Å². The minimum absolute atomic E-state index is 0.0250. The fourth-order valence-electron chi connectivity index (χ4n) is 3.71. The SMILES string of the molecule is O=C(CNC(=O)C1c2ccccc2C(=O)N1C1CC1)NCc1ccccc1OC(F)F. The van der Waals surface area contributed by atoms with E-state index in [0.717, 1.165) is 12.8 Å². The summed E-state index contributed by atoms with van der Waals surface area (Å²) in [5.74, 6) is -1.11. The van der Waals surface area contributed by atoms with Crippen LogP contribution in [0.2, 0.25) is 0 Å². The maximum Gasteiger partial charge on any atom is 0.387 e. The van der Waals surface area contributed by atoms with Crippen molar-refractivity contribution in [3.63, 3.8) is 0 Å². The third-order valence-corrected chi connectivity index (χ3v) is 5.27. The van der Waals surface area contributed by atoms with Gasteiger partial charge in [-0.2, -0.15) is 8.78 Å². The van der Waals surface area contributed by atoms with Crippen molar-refractivity contribution in [1.82, 2.24) is 15.5 Å². The summed E-state index contributed by atoms with van der Waals surface area (Å²) in [5.41, 5.74) is 1.53. The van der Waals surface area contributed by atoms with Crippen molar-refractivity contribution >= 4 is 17.7 Å². The van der Waals surface area contributed by atoms with Crippen LogP contribution in [0.5, 0.6) is 5.75 Å². The monoisotopic (exact) mass is 429 g/mol. The van der Waals surface area contributed by atoms with E-state index in [1.807, 2.05) is 0 Å². The molecule has 7 nitrogen and oxygen atoms in total. The maximum absolute atomic E-state index is 12.9. The van der Waals surface area contributed by atoms with Crippen molar-refractivity contribution in [3.05, 3.63) is 65.2 Å². The Bertz CT molecular complexity index is 1010. The average molecular weight is 429 g/mol. The molecule has 1 heterocycles. The van der Waals surface area contributed by atoms with Crippen LogP contribution >= 0.6 is 0 Å². The first-order valence-corrected chi connectivity index (χ1v) is 9.94. The van der Waals surface area contributed by atoms with Crippen molar-refractivity contribution in [2.45, 2.75) is 38.1 Å². The number of hydrogen-bond acceptors (Lipinski definition) is 4. The standard InChI is InChI=1S/C22H21F2N3O4/c23-22(24)31-17-8-4-1-5-13(17)11-25-18(28)12-26-20(29)19-15-6-2-3-7-16(15)21(30)27(19)14-9-10-14/h1-8,14,19,22H,9-12H2,(H,25,28)(H,26,29). The molecule has 2 aromatic carbocycles. The lowest BCUT2D eigenvalue weighted by atomic mass is 10.0. The summed E-state index contributed by atoms with van der Waals surface area (Å²) in [6, 6.07) is 12.4. The summed E-state index contributed by atoms with van der Waals surface area (Å²) in [5, 5.41) is 5.16. The highest BCUT2D eigenvalue weighted by Gasteiger charge is 2.47. The molecule has 0 spiro atoms. The molecule has 4 rings (SSSR count). The molecule has 9 heteroatoms. The predicted octanol–water partition coefficient (Wildman–Crippen LogP) is 2.38. The maximum atomic E-state index is 12.9. The lowest BCUT2D eigenvalue weighted by Crippen LogP contribution is -2.43. The van der Waals surface area contributed by atoms with Crippen molar-refractivity contribution in [3.8, 4) is 5.75 Å². The lowest BCUT2D eigenvalue weighted by Gasteiger charge is -2.24. The van der Waals surface area contributed by atoms with Gasteiger partial charge in [-0.15, -0.1) is 0 Å². The quantitative estimate of drug-likeness (QED) is 0.675. The number of carbonyl (C=O) groups is 3. The molecule has 2 aliphatic rings. The fraction of sp³-hybridized carbons (Fsp3) is 0.318. The van der Waals surface area contributed by atoms with Gasteiger partial charge in [0.1, 0.15) is 11.8 Å². The van der Waals surface area contributed by atoms with Crippen LogP contribution in [0.3, 0.4) is 0 Å². The number of halogens is 2. The van der Waals surface area contributed by atoms with Gasteiger partial charge in [0.15, 0.2) is 0 Å². The summed E-state index contributed by atoms with van der Waals surface area (Å²) in [7, 11) is 0. The van der Waals surface area contributed by atoms with Gasteiger partial charge in [0.25, 0.3) is 5.91 Å². The highest BCUT2D eigenvalue weighted by Crippen LogP contribution is 2.41. The zero-order valence-corrected chi connectivity index (χ0v) is 16.5. The van der Waals surface area contributed by atoms with Gasteiger partial charge < -0.3 is 20.3 Å². The molecule has 2 aromatic rings. The number of nitrogens with zero attached hydrogens (tertiary/aromatic N) is 1. The van der Waals surface area contributed by atoms with Crippen molar-refractivity contribution in [2.24, 2.45) is 0 Å². The summed E-state index contributed by atoms with van der Waals surface area (Å²) >= 11 is 0. The second-order valence-corrected chi connectivity index (χ2v) is 7.41. The number of alkyl halides is 2. The lowest BCUT2D eigenvalue weighted by molar-refractivity contribution is -0.129. The van der Waals surface area contributed by atoms with Crippen LogP contribution in [0.25, 0.3) is 0 Å². The number of benzene rings is 2. The van der Waals surface area contributed by atoms with Crippen LogP contribution < -0.4 is 15.4 Å². The Labute approximate surface area is 177 Å². The molecule has 3 amide bonds. The van der Waals surface area contributed by atoms with E-state index in [2.05, 4.69) is 15.4 Å². The number of amides is 3. The second kappa shape index (κ2) is 8.71. The largest absolute Gasteiger partial charge is 0.434 e. The van der Waals surface area contributed by atoms with E-state index in [1.54, 1.807) is 47.4 Å². The van der Waals surface area contributed by atoms with Gasteiger partial charge in [0.2, 0.25) is 11.8 Å². The highest BCUT2D eigenvalue weighted by atomic mass is 19.3. The molecule has 1 saturated carbocycles. The summed E-state index contributed by atoms with van der Waals surface area (Å²) in [4.78, 5) is 39.4. The second-order valence-electron chi connectivity index (χ2n) is 7.41. The number of hydrogen-bond donors (Lipinski definition) is 2. The smallest absolute Gasteiger partial charge is 0.387 e. The summed E-state index contributed by atoms with van der Waals surface area (Å²) < 4.78 is 29.4. The Morgan fingerprint density at radius 1 is 1.06 bits per heavy atom. The van der Waals surface area contributed by atoms with E-state index in [1.165, 1.54) is 6.07 Å². The van der Waals surface area contributed by atoms with E-state index in [4.69, 9.17) is 0 Å². The molecule has 162 valence electrons. The zero-order chi connectivity index (χ0) is 22.0. The van der Waals surface area contributed by atoms with Crippen LogP contribution in [-0.2, 0) is 16.1 Å². The Kier molecular flexibility index (Phi) is 5.83. The normalized spacial score (nSPS) is 17.5. The molecule has 1 unspecified atom stereocenters. The molecule has 0 radical (unpaired) electrons. The van der Waals surface area contributed by atoms with E-state index in [-0.39, 0.29) is 30.8 Å². The summed E-state index contributed by atoms with van der Waals surface area (Å²) in [6.45, 7) is -3.30. The third kappa shape index (κ3) is 4.50. The Hall–Kier alpha value is -3.49. The molecule has 0 aromatic heterocycles. The first-order chi connectivity index (χ1) is 15.0. The minimum atomic E-state index is -2.97. The molecule has 1 aliphatic heterocycles. The number of rotatable bonds is 8. The van der Waals surface area contributed by atoms with Crippen molar-refractivity contribution in [1.29, 1.82) is 0 Å². The topological polar surface area (TPSA) is 87.7 Å². The van der Waals surface area contributed by atoms with Gasteiger partial charge in [-0.3, -0.25) is 14.4 Å². The van der Waals surface area contributed by atoms with Crippen LogP contribution in [0, 0.1) is 0 Å². The van der Waals surface area contributed by atoms with Crippen LogP contribution in [0.15, 0.2) is 48.5 Å². The van der Waals surface area contributed by atoms with Gasteiger partial charge in [-0.05, 0) is 30.5 Å². The van der Waals surface area contributed by atoms with E-state index < -0.39 is 24.5 Å². The highest BCUT2D eigenvalue weighted by molar-refractivity contribution is 6.05. The zero-order valence-electron chi connectivity index (χ0n) is 16.5. The molecule has 2 N–H and O–H groups in total. The molecular formula is C22H21F2N3O4. The van der Waals surface area contributed by atoms with Gasteiger partial charge in [-0.25, -0.2) is 0 Å². The molecular weight excluding hydrogens is 408 g/mol. The average Bonchev–Trinajstić information content (AvgIpc) is 3.55. The van der Waals surface area contributed by atoms with Crippen LogP contribution in [0.1, 0.15) is 40.4 Å². The Balaban J connectivity index is 1.36. The number of ether oxygens (including phenoxy) is 1. The fourth-order valence-corrected chi connectivity index (χ4v) is 3.71. The van der Waals surface area contributed by atoms with Gasteiger partial charge in [0, 0.05) is 23.7 Å². The van der Waals surface area contributed by atoms with Crippen LogP contribution in [0.4, 0.5) is 8.78 Å². The van der Waals surface area contributed by atoms with Gasteiger partial charge in [0.05, 0.1) is 6.54 Å². The van der Waals surface area contributed by atoms with Crippen molar-refractivity contribution in [2.75, 3.05) is 6.54 Å². The summed E-state index contributed by atoms with van der Waals surface area (Å²) in [6.07, 6.45) is 1.70. The number of para-hydroxylation sites is 1.